The second kappa shape index (κ2) is 13.1. The summed E-state index contributed by atoms with van der Waals surface area (Å²) in [7, 11) is 0. The highest BCUT2D eigenvalue weighted by Crippen LogP contribution is 2.32. The van der Waals surface area contributed by atoms with Gasteiger partial charge in [-0.05, 0) is 50.4 Å². The molecule has 36 heavy (non-hydrogen) atoms. The first-order valence-corrected chi connectivity index (χ1v) is 13.5. The van der Waals surface area contributed by atoms with E-state index in [0.717, 1.165) is 111 Å². The van der Waals surface area contributed by atoms with Crippen LogP contribution in [0.4, 0.5) is 23.5 Å². The van der Waals surface area contributed by atoms with Crippen molar-refractivity contribution in [1.82, 2.24) is 24.8 Å². The van der Waals surface area contributed by atoms with Gasteiger partial charge < -0.3 is 25.0 Å². The summed E-state index contributed by atoms with van der Waals surface area (Å²) in [6.45, 7) is 12.1. The molecule has 2 fully saturated rings. The van der Waals surface area contributed by atoms with E-state index in [1.807, 2.05) is 0 Å². The summed E-state index contributed by atoms with van der Waals surface area (Å²) in [5.41, 5.74) is 2.55. The molecule has 2 N–H and O–H groups in total. The molecule has 10 nitrogen and oxygen atoms in total. The predicted molar refractivity (Wildman–Crippen MR) is 142 cm³/mol. The topological polar surface area (TPSA) is 90.9 Å². The standard InChI is InChI=1S/C26H40N8O2/c1-2-8-23-22(6-1)7-3-13-34(23)26-30-24(27-9-4-11-32-14-18-35-19-15-32)29-25(31-26)28-10-5-12-33-16-20-36-21-17-33/h1-2,6,8H,3-5,7,9-21H2,(H2,27,28,29,30,31). The maximum absolute atomic E-state index is 5.45. The molecule has 0 bridgehead atoms. The SMILES string of the molecule is c1ccc2c(c1)CCCN2c1nc(NCCCN2CCOCC2)nc(NCCCN2CCOCC2)n1. The first kappa shape index (κ1) is 25.1. The molecule has 3 aliphatic heterocycles. The fourth-order valence-corrected chi connectivity index (χ4v) is 5.04. The molecule has 0 amide bonds. The Morgan fingerprint density at radius 2 is 1.31 bits per heavy atom. The van der Waals surface area contributed by atoms with Crippen LogP contribution in [0.5, 0.6) is 0 Å². The van der Waals surface area contributed by atoms with E-state index in [1.165, 1.54) is 11.3 Å². The van der Waals surface area contributed by atoms with Crippen molar-refractivity contribution in [2.75, 3.05) is 101 Å². The van der Waals surface area contributed by atoms with Crippen LogP contribution in [-0.2, 0) is 15.9 Å². The number of aryl methyl sites for hydroxylation is 1. The lowest BCUT2D eigenvalue weighted by atomic mass is 10.0. The molecular formula is C26H40N8O2. The Labute approximate surface area is 214 Å². The average Bonchev–Trinajstić information content (AvgIpc) is 2.94. The molecule has 3 aliphatic rings. The number of aromatic nitrogens is 3. The summed E-state index contributed by atoms with van der Waals surface area (Å²) in [6.07, 6.45) is 4.26. The van der Waals surface area contributed by atoms with Crippen molar-refractivity contribution < 1.29 is 9.47 Å². The lowest BCUT2D eigenvalue weighted by molar-refractivity contribution is 0.0378. The summed E-state index contributed by atoms with van der Waals surface area (Å²) in [6, 6.07) is 8.58. The average molecular weight is 497 g/mol. The summed E-state index contributed by atoms with van der Waals surface area (Å²) >= 11 is 0. The molecule has 10 heteroatoms. The van der Waals surface area contributed by atoms with E-state index >= 15 is 0 Å². The lowest BCUT2D eigenvalue weighted by Gasteiger charge is -2.29. The number of hydrogen-bond donors (Lipinski definition) is 2. The van der Waals surface area contributed by atoms with E-state index in [-0.39, 0.29) is 0 Å². The van der Waals surface area contributed by atoms with Gasteiger partial charge in [-0.3, -0.25) is 9.80 Å². The Hall–Kier alpha value is -2.53. The number of anilines is 4. The van der Waals surface area contributed by atoms with Gasteiger partial charge in [-0.2, -0.15) is 15.0 Å². The first-order valence-electron chi connectivity index (χ1n) is 13.5. The second-order valence-electron chi connectivity index (χ2n) is 9.64. The maximum atomic E-state index is 5.45. The van der Waals surface area contributed by atoms with Crippen LogP contribution in [0.15, 0.2) is 24.3 Å². The molecule has 1 aromatic heterocycles. The number of ether oxygens (including phenoxy) is 2. The summed E-state index contributed by atoms with van der Waals surface area (Å²) in [5.74, 6) is 1.99. The number of fused-ring (bicyclic) bond motifs is 1. The largest absolute Gasteiger partial charge is 0.379 e. The van der Waals surface area contributed by atoms with E-state index in [4.69, 9.17) is 24.4 Å². The molecular weight excluding hydrogens is 456 g/mol. The van der Waals surface area contributed by atoms with Gasteiger partial charge in [0, 0.05) is 51.5 Å². The third-order valence-electron chi connectivity index (χ3n) is 7.05. The van der Waals surface area contributed by atoms with Crippen molar-refractivity contribution >= 4 is 23.5 Å². The minimum atomic E-state index is 0.640. The zero-order chi connectivity index (χ0) is 24.4. The molecule has 4 heterocycles. The van der Waals surface area contributed by atoms with Crippen LogP contribution in [0.1, 0.15) is 24.8 Å². The van der Waals surface area contributed by atoms with Crippen LogP contribution < -0.4 is 15.5 Å². The fraction of sp³-hybridized carbons (Fsp3) is 0.654. The fourth-order valence-electron chi connectivity index (χ4n) is 5.04. The number of hydrogen-bond acceptors (Lipinski definition) is 10. The molecule has 0 unspecified atom stereocenters. The normalized spacial score (nSPS) is 19.2. The smallest absolute Gasteiger partial charge is 0.236 e. The van der Waals surface area contributed by atoms with Crippen molar-refractivity contribution in [2.24, 2.45) is 0 Å². The van der Waals surface area contributed by atoms with Gasteiger partial charge >= 0.3 is 0 Å². The van der Waals surface area contributed by atoms with Crippen LogP contribution in [-0.4, -0.2) is 110 Å². The Bertz CT molecular complexity index is 905. The van der Waals surface area contributed by atoms with E-state index in [9.17, 15) is 0 Å². The van der Waals surface area contributed by atoms with Gasteiger partial charge in [0.25, 0.3) is 0 Å². The molecule has 0 atom stereocenters. The number of benzene rings is 1. The Morgan fingerprint density at radius 3 is 1.92 bits per heavy atom. The molecule has 196 valence electrons. The van der Waals surface area contributed by atoms with E-state index in [1.54, 1.807) is 0 Å². The van der Waals surface area contributed by atoms with Crippen molar-refractivity contribution in [1.29, 1.82) is 0 Å². The van der Waals surface area contributed by atoms with Crippen LogP contribution in [0.3, 0.4) is 0 Å². The van der Waals surface area contributed by atoms with Crippen LogP contribution in [0.2, 0.25) is 0 Å². The summed E-state index contributed by atoms with van der Waals surface area (Å²) < 4.78 is 10.9. The molecule has 0 aliphatic carbocycles. The van der Waals surface area contributed by atoms with E-state index < -0.39 is 0 Å². The van der Waals surface area contributed by atoms with Gasteiger partial charge in [-0.1, -0.05) is 18.2 Å². The molecule has 2 saturated heterocycles. The van der Waals surface area contributed by atoms with E-state index in [0.29, 0.717) is 17.8 Å². The summed E-state index contributed by atoms with van der Waals surface area (Å²) in [4.78, 5) is 21.5. The minimum absolute atomic E-state index is 0.640. The van der Waals surface area contributed by atoms with Crippen LogP contribution >= 0.6 is 0 Å². The third-order valence-corrected chi connectivity index (χ3v) is 7.05. The van der Waals surface area contributed by atoms with Crippen molar-refractivity contribution in [2.45, 2.75) is 25.7 Å². The number of rotatable bonds is 11. The Kier molecular flexibility index (Phi) is 9.17. The van der Waals surface area contributed by atoms with Crippen molar-refractivity contribution in [3.8, 4) is 0 Å². The van der Waals surface area contributed by atoms with Crippen molar-refractivity contribution in [3.63, 3.8) is 0 Å². The van der Waals surface area contributed by atoms with Gasteiger partial charge in [0.15, 0.2) is 0 Å². The number of morpholine rings is 2. The molecule has 2 aromatic rings. The highest BCUT2D eigenvalue weighted by atomic mass is 16.5. The lowest BCUT2D eigenvalue weighted by Crippen LogP contribution is -2.37. The minimum Gasteiger partial charge on any atom is -0.379 e. The Morgan fingerprint density at radius 1 is 0.722 bits per heavy atom. The first-order chi connectivity index (χ1) is 17.8. The van der Waals surface area contributed by atoms with Gasteiger partial charge in [0.2, 0.25) is 17.8 Å². The van der Waals surface area contributed by atoms with E-state index in [2.05, 4.69) is 49.6 Å². The predicted octanol–water partition coefficient (Wildman–Crippen LogP) is 2.22. The van der Waals surface area contributed by atoms with Gasteiger partial charge in [0.1, 0.15) is 0 Å². The number of nitrogens with one attached hydrogen (secondary N) is 2. The monoisotopic (exact) mass is 496 g/mol. The highest BCUT2D eigenvalue weighted by molar-refractivity contribution is 5.64. The van der Waals surface area contributed by atoms with Gasteiger partial charge in [-0.15, -0.1) is 0 Å². The van der Waals surface area contributed by atoms with Crippen LogP contribution in [0, 0.1) is 0 Å². The van der Waals surface area contributed by atoms with Gasteiger partial charge in [-0.25, -0.2) is 0 Å². The maximum Gasteiger partial charge on any atom is 0.236 e. The second-order valence-corrected chi connectivity index (χ2v) is 9.64. The summed E-state index contributed by atoms with van der Waals surface area (Å²) in [5, 5.41) is 6.92. The zero-order valence-corrected chi connectivity index (χ0v) is 21.3. The highest BCUT2D eigenvalue weighted by Gasteiger charge is 2.21. The quantitative estimate of drug-likeness (QED) is 0.451. The number of para-hydroxylation sites is 1. The molecule has 1 aromatic carbocycles. The molecule has 5 rings (SSSR count). The van der Waals surface area contributed by atoms with Crippen molar-refractivity contribution in [3.05, 3.63) is 29.8 Å². The van der Waals surface area contributed by atoms with Gasteiger partial charge in [0.05, 0.1) is 26.4 Å². The van der Waals surface area contributed by atoms with Crippen LogP contribution in [0.25, 0.3) is 0 Å². The zero-order valence-electron chi connectivity index (χ0n) is 21.3. The molecule has 0 radical (unpaired) electrons. The Balaban J connectivity index is 1.22. The number of nitrogens with zero attached hydrogens (tertiary/aromatic N) is 6. The molecule has 0 saturated carbocycles. The molecule has 0 spiro atoms. The third kappa shape index (κ3) is 7.03.